The lowest BCUT2D eigenvalue weighted by molar-refractivity contribution is 0.138. The molecular formula is C11H20N2OS. The SMILES string of the molecule is NC(=S)CC1(CN2CCCC2CO)CC1. The quantitative estimate of drug-likeness (QED) is 0.686. The van der Waals surface area contributed by atoms with E-state index in [0.29, 0.717) is 23.1 Å². The van der Waals surface area contributed by atoms with Crippen LogP contribution in [0.25, 0.3) is 0 Å². The van der Waals surface area contributed by atoms with Gasteiger partial charge in [-0.2, -0.15) is 0 Å². The Kier molecular flexibility index (Phi) is 3.28. The van der Waals surface area contributed by atoms with E-state index in [1.54, 1.807) is 0 Å². The molecule has 2 rings (SSSR count). The Bertz CT molecular complexity index is 253. The fraction of sp³-hybridized carbons (Fsp3) is 0.909. The van der Waals surface area contributed by atoms with Gasteiger partial charge in [0.1, 0.15) is 0 Å². The van der Waals surface area contributed by atoms with Crippen molar-refractivity contribution in [1.29, 1.82) is 0 Å². The average Bonchev–Trinajstić information content (AvgIpc) is 2.77. The highest BCUT2D eigenvalue weighted by Crippen LogP contribution is 2.50. The Balaban J connectivity index is 1.88. The minimum Gasteiger partial charge on any atom is -0.395 e. The molecule has 1 aliphatic carbocycles. The van der Waals surface area contributed by atoms with Crippen molar-refractivity contribution in [1.82, 2.24) is 4.90 Å². The molecular weight excluding hydrogens is 208 g/mol. The average molecular weight is 228 g/mol. The van der Waals surface area contributed by atoms with Gasteiger partial charge in [0.2, 0.25) is 0 Å². The lowest BCUT2D eigenvalue weighted by Crippen LogP contribution is -2.37. The molecule has 1 saturated heterocycles. The zero-order valence-electron chi connectivity index (χ0n) is 9.11. The number of nitrogens with zero attached hydrogens (tertiary/aromatic N) is 1. The summed E-state index contributed by atoms with van der Waals surface area (Å²) in [5.41, 5.74) is 5.99. The number of aliphatic hydroxyl groups is 1. The van der Waals surface area contributed by atoms with Gasteiger partial charge in [0.05, 0.1) is 11.6 Å². The van der Waals surface area contributed by atoms with Crippen LogP contribution in [0.4, 0.5) is 0 Å². The number of hydrogen-bond donors (Lipinski definition) is 2. The first-order valence-electron chi connectivity index (χ1n) is 5.78. The molecule has 1 unspecified atom stereocenters. The molecule has 0 spiro atoms. The van der Waals surface area contributed by atoms with Crippen molar-refractivity contribution in [3.63, 3.8) is 0 Å². The van der Waals surface area contributed by atoms with Crippen LogP contribution in [0, 0.1) is 5.41 Å². The minimum absolute atomic E-state index is 0.295. The molecule has 3 N–H and O–H groups in total. The van der Waals surface area contributed by atoms with Crippen LogP contribution in [0.5, 0.6) is 0 Å². The molecule has 2 aliphatic rings. The number of thiocarbonyl (C=S) groups is 1. The Hall–Kier alpha value is -0.190. The summed E-state index contributed by atoms with van der Waals surface area (Å²) in [5, 5.41) is 9.24. The van der Waals surface area contributed by atoms with E-state index in [1.165, 1.54) is 19.3 Å². The molecule has 2 fully saturated rings. The lowest BCUT2D eigenvalue weighted by atomic mass is 10.0. The maximum Gasteiger partial charge on any atom is 0.0733 e. The van der Waals surface area contributed by atoms with Gasteiger partial charge < -0.3 is 10.8 Å². The Morgan fingerprint density at radius 2 is 2.27 bits per heavy atom. The Morgan fingerprint density at radius 3 is 2.80 bits per heavy atom. The highest BCUT2D eigenvalue weighted by atomic mass is 32.1. The molecule has 0 aromatic heterocycles. The number of likely N-dealkylation sites (tertiary alicyclic amines) is 1. The van der Waals surface area contributed by atoms with Gasteiger partial charge in [0.25, 0.3) is 0 Å². The maximum absolute atomic E-state index is 9.24. The summed E-state index contributed by atoms with van der Waals surface area (Å²) in [6, 6.07) is 0.383. The molecule has 86 valence electrons. The monoisotopic (exact) mass is 228 g/mol. The normalized spacial score (nSPS) is 29.3. The Labute approximate surface area is 96.6 Å². The first-order chi connectivity index (χ1) is 7.15. The second-order valence-electron chi connectivity index (χ2n) is 5.09. The van der Waals surface area contributed by atoms with Crippen LogP contribution < -0.4 is 5.73 Å². The van der Waals surface area contributed by atoms with E-state index in [9.17, 15) is 5.11 Å². The summed E-state index contributed by atoms with van der Waals surface area (Å²) < 4.78 is 0. The van der Waals surface area contributed by atoms with Crippen molar-refractivity contribution in [3.8, 4) is 0 Å². The molecule has 0 radical (unpaired) electrons. The summed E-state index contributed by atoms with van der Waals surface area (Å²) in [6.07, 6.45) is 5.74. The zero-order chi connectivity index (χ0) is 10.9. The van der Waals surface area contributed by atoms with Gasteiger partial charge in [0, 0.05) is 19.0 Å². The molecule has 15 heavy (non-hydrogen) atoms. The minimum atomic E-state index is 0.295. The van der Waals surface area contributed by atoms with E-state index < -0.39 is 0 Å². The molecule has 0 amide bonds. The fourth-order valence-electron chi connectivity index (χ4n) is 2.68. The highest BCUT2D eigenvalue weighted by Gasteiger charge is 2.45. The van der Waals surface area contributed by atoms with E-state index >= 15 is 0 Å². The van der Waals surface area contributed by atoms with E-state index in [0.717, 1.165) is 25.9 Å². The third kappa shape index (κ3) is 2.68. The summed E-state index contributed by atoms with van der Waals surface area (Å²) in [5.74, 6) is 0. The first-order valence-corrected chi connectivity index (χ1v) is 6.19. The molecule has 1 aliphatic heterocycles. The topological polar surface area (TPSA) is 49.5 Å². The molecule has 4 heteroatoms. The third-order valence-corrected chi connectivity index (χ3v) is 3.90. The van der Waals surface area contributed by atoms with E-state index in [-0.39, 0.29) is 0 Å². The van der Waals surface area contributed by atoms with Gasteiger partial charge in [-0.05, 0) is 37.6 Å². The standard InChI is InChI=1S/C11H20N2OS/c12-10(15)6-11(3-4-11)8-13-5-1-2-9(13)7-14/h9,14H,1-8H2,(H2,12,15). The predicted molar refractivity (Wildman–Crippen MR) is 64.8 cm³/mol. The van der Waals surface area contributed by atoms with Gasteiger partial charge in [-0.15, -0.1) is 0 Å². The van der Waals surface area contributed by atoms with Crippen LogP contribution in [-0.2, 0) is 0 Å². The van der Waals surface area contributed by atoms with Crippen LogP contribution >= 0.6 is 12.2 Å². The van der Waals surface area contributed by atoms with Crippen molar-refractivity contribution >= 4 is 17.2 Å². The summed E-state index contributed by atoms with van der Waals surface area (Å²) in [4.78, 5) is 3.07. The van der Waals surface area contributed by atoms with Crippen molar-refractivity contribution in [2.24, 2.45) is 11.1 Å². The van der Waals surface area contributed by atoms with E-state index in [2.05, 4.69) is 4.90 Å². The number of rotatable bonds is 5. The number of nitrogens with two attached hydrogens (primary N) is 1. The second-order valence-corrected chi connectivity index (χ2v) is 5.62. The van der Waals surface area contributed by atoms with Crippen molar-refractivity contribution in [2.45, 2.75) is 38.1 Å². The van der Waals surface area contributed by atoms with Crippen LogP contribution in [0.2, 0.25) is 0 Å². The molecule has 0 aromatic carbocycles. The maximum atomic E-state index is 9.24. The van der Waals surface area contributed by atoms with E-state index in [1.807, 2.05) is 0 Å². The molecule has 1 heterocycles. The Morgan fingerprint density at radius 1 is 1.53 bits per heavy atom. The molecule has 0 bridgehead atoms. The fourth-order valence-corrected chi connectivity index (χ4v) is 2.98. The lowest BCUT2D eigenvalue weighted by Gasteiger charge is -2.27. The van der Waals surface area contributed by atoms with Gasteiger partial charge in [-0.25, -0.2) is 0 Å². The predicted octanol–water partition coefficient (Wildman–Crippen LogP) is 0.899. The summed E-state index contributed by atoms with van der Waals surface area (Å²) >= 11 is 4.99. The largest absolute Gasteiger partial charge is 0.395 e. The molecule has 1 atom stereocenters. The third-order valence-electron chi connectivity index (χ3n) is 3.75. The van der Waals surface area contributed by atoms with Crippen LogP contribution in [0.1, 0.15) is 32.1 Å². The molecule has 1 saturated carbocycles. The van der Waals surface area contributed by atoms with Crippen molar-refractivity contribution in [3.05, 3.63) is 0 Å². The van der Waals surface area contributed by atoms with Crippen LogP contribution in [0.3, 0.4) is 0 Å². The van der Waals surface area contributed by atoms with Gasteiger partial charge in [-0.3, -0.25) is 4.90 Å². The highest BCUT2D eigenvalue weighted by molar-refractivity contribution is 7.80. The van der Waals surface area contributed by atoms with Crippen molar-refractivity contribution < 1.29 is 5.11 Å². The molecule has 0 aromatic rings. The van der Waals surface area contributed by atoms with Gasteiger partial charge >= 0.3 is 0 Å². The summed E-state index contributed by atoms with van der Waals surface area (Å²) in [6.45, 7) is 2.50. The van der Waals surface area contributed by atoms with E-state index in [4.69, 9.17) is 18.0 Å². The summed E-state index contributed by atoms with van der Waals surface area (Å²) in [7, 11) is 0. The molecule has 3 nitrogen and oxygen atoms in total. The first kappa shape index (κ1) is 11.3. The van der Waals surface area contributed by atoms with Gasteiger partial charge in [-0.1, -0.05) is 12.2 Å². The number of aliphatic hydroxyl groups excluding tert-OH is 1. The van der Waals surface area contributed by atoms with Crippen LogP contribution in [0.15, 0.2) is 0 Å². The van der Waals surface area contributed by atoms with Crippen molar-refractivity contribution in [2.75, 3.05) is 19.7 Å². The number of hydrogen-bond acceptors (Lipinski definition) is 3. The smallest absolute Gasteiger partial charge is 0.0733 e. The van der Waals surface area contributed by atoms with Gasteiger partial charge in [0.15, 0.2) is 0 Å². The zero-order valence-corrected chi connectivity index (χ0v) is 9.93. The second kappa shape index (κ2) is 4.36. The van der Waals surface area contributed by atoms with Crippen LogP contribution in [-0.4, -0.2) is 40.7 Å².